The third-order valence-electron chi connectivity index (χ3n) is 4.46. The van der Waals surface area contributed by atoms with Gasteiger partial charge in [-0.2, -0.15) is 0 Å². The van der Waals surface area contributed by atoms with Crippen LogP contribution in [0.4, 0.5) is 0 Å². The zero-order chi connectivity index (χ0) is 19.4. The number of hydrogen-bond donors (Lipinski definition) is 1. The highest BCUT2D eigenvalue weighted by atomic mass is 32.2. The Morgan fingerprint density at radius 3 is 2.70 bits per heavy atom. The largest absolute Gasteiger partial charge is 0.497 e. The molecule has 0 aliphatic rings. The summed E-state index contributed by atoms with van der Waals surface area (Å²) in [4.78, 5) is 23.5. The number of amides is 1. The predicted octanol–water partition coefficient (Wildman–Crippen LogP) is 4.16. The van der Waals surface area contributed by atoms with Gasteiger partial charge in [-0.05, 0) is 50.5 Å². The molecule has 0 unspecified atom stereocenters. The molecule has 1 amide bonds. The van der Waals surface area contributed by atoms with E-state index in [9.17, 15) is 4.79 Å². The molecule has 0 bridgehead atoms. The van der Waals surface area contributed by atoms with Crippen LogP contribution in [-0.2, 0) is 11.2 Å². The first-order valence-electron chi connectivity index (χ1n) is 8.77. The highest BCUT2D eigenvalue weighted by Crippen LogP contribution is 2.35. The van der Waals surface area contributed by atoms with E-state index >= 15 is 0 Å². The van der Waals surface area contributed by atoms with Gasteiger partial charge in [-0.1, -0.05) is 23.9 Å². The molecule has 0 spiro atoms. The summed E-state index contributed by atoms with van der Waals surface area (Å²) >= 11 is 3.16. The van der Waals surface area contributed by atoms with Crippen molar-refractivity contribution in [3.05, 3.63) is 46.6 Å². The molecule has 0 radical (unpaired) electrons. The maximum atomic E-state index is 12.5. The van der Waals surface area contributed by atoms with E-state index in [4.69, 9.17) is 4.74 Å². The molecule has 2 heterocycles. The van der Waals surface area contributed by atoms with Gasteiger partial charge in [0.15, 0.2) is 0 Å². The van der Waals surface area contributed by atoms with Gasteiger partial charge in [-0.3, -0.25) is 4.79 Å². The number of carbonyl (C=O) groups excluding carboxylic acids is 1. The van der Waals surface area contributed by atoms with Crippen molar-refractivity contribution in [1.29, 1.82) is 0 Å². The Hall–Kier alpha value is -2.12. The molecule has 1 atom stereocenters. The Bertz CT molecular complexity index is 938. The fraction of sp³-hybridized carbons (Fsp3) is 0.350. The topological polar surface area (TPSA) is 64.1 Å². The lowest BCUT2D eigenvalue weighted by Crippen LogP contribution is -2.32. The molecule has 142 valence electrons. The van der Waals surface area contributed by atoms with Crippen molar-refractivity contribution < 1.29 is 9.53 Å². The summed E-state index contributed by atoms with van der Waals surface area (Å²) in [6.07, 6.45) is 2.36. The smallest absolute Gasteiger partial charge is 0.233 e. The summed E-state index contributed by atoms with van der Waals surface area (Å²) in [5.74, 6) is 0.854. The van der Waals surface area contributed by atoms with Crippen molar-refractivity contribution in [3.8, 4) is 5.75 Å². The Labute approximate surface area is 167 Å². The quantitative estimate of drug-likeness (QED) is 0.476. The van der Waals surface area contributed by atoms with Crippen molar-refractivity contribution in [2.45, 2.75) is 37.5 Å². The van der Waals surface area contributed by atoms with Crippen molar-refractivity contribution in [3.63, 3.8) is 0 Å². The maximum Gasteiger partial charge on any atom is 0.233 e. The molecule has 3 aromatic rings. The van der Waals surface area contributed by atoms with E-state index in [1.54, 1.807) is 24.8 Å². The lowest BCUT2D eigenvalue weighted by Gasteiger charge is -2.12. The van der Waals surface area contributed by atoms with Crippen LogP contribution in [0.1, 0.15) is 22.9 Å². The first-order chi connectivity index (χ1) is 13.0. The average molecular weight is 402 g/mol. The normalized spacial score (nSPS) is 12.1. The van der Waals surface area contributed by atoms with Crippen LogP contribution in [0.25, 0.3) is 10.2 Å². The van der Waals surface area contributed by atoms with Gasteiger partial charge < -0.3 is 10.1 Å². The summed E-state index contributed by atoms with van der Waals surface area (Å²) in [5, 5.41) is 4.74. The summed E-state index contributed by atoms with van der Waals surface area (Å²) in [5.41, 5.74) is 2.36. The molecular formula is C20H23N3O2S2. The number of benzene rings is 1. The van der Waals surface area contributed by atoms with Gasteiger partial charge in [0.05, 0.1) is 12.4 Å². The van der Waals surface area contributed by atoms with Crippen LogP contribution in [0.15, 0.2) is 35.6 Å². The molecular weight excluding hydrogens is 378 g/mol. The number of nitrogens with one attached hydrogen (secondary N) is 1. The molecule has 3 rings (SSSR count). The number of hydrogen-bond acceptors (Lipinski definition) is 6. The van der Waals surface area contributed by atoms with Gasteiger partial charge in [-0.25, -0.2) is 9.97 Å². The second kappa shape index (κ2) is 8.71. The Morgan fingerprint density at radius 1 is 1.26 bits per heavy atom. The van der Waals surface area contributed by atoms with Crippen LogP contribution < -0.4 is 10.1 Å². The second-order valence-corrected chi connectivity index (χ2v) is 8.82. The standard InChI is InChI=1S/C20H23N3O2S2/c1-12-13(2)26-19-17(12)20(23-11-22-19)27-14(3)18(24)21-10-9-15-5-7-16(25-4)8-6-15/h5-8,11,14H,9-10H2,1-4H3,(H,21,24)/t14-/m1/s1. The zero-order valence-electron chi connectivity index (χ0n) is 15.9. The first-order valence-corrected chi connectivity index (χ1v) is 10.5. The number of thiophene rings is 1. The highest BCUT2D eigenvalue weighted by Gasteiger charge is 2.19. The number of methoxy groups -OCH3 is 1. The van der Waals surface area contributed by atoms with E-state index in [-0.39, 0.29) is 11.2 Å². The van der Waals surface area contributed by atoms with E-state index in [2.05, 4.69) is 29.1 Å². The van der Waals surface area contributed by atoms with Gasteiger partial charge in [0.2, 0.25) is 5.91 Å². The predicted molar refractivity (Wildman–Crippen MR) is 112 cm³/mol. The molecule has 0 fully saturated rings. The molecule has 1 aromatic carbocycles. The van der Waals surface area contributed by atoms with E-state index in [0.717, 1.165) is 27.4 Å². The van der Waals surface area contributed by atoms with Crippen LogP contribution >= 0.6 is 23.1 Å². The average Bonchev–Trinajstić information content (AvgIpc) is 2.97. The third-order valence-corrected chi connectivity index (χ3v) is 6.68. The molecule has 1 N–H and O–H groups in total. The van der Waals surface area contributed by atoms with Crippen LogP contribution in [0.5, 0.6) is 5.75 Å². The SMILES string of the molecule is COc1ccc(CCNC(=O)[C@@H](C)Sc2ncnc3sc(C)c(C)c23)cc1. The van der Waals surface area contributed by atoms with Crippen LogP contribution in [0.2, 0.25) is 0 Å². The Morgan fingerprint density at radius 2 is 2.00 bits per heavy atom. The number of fused-ring (bicyclic) bond motifs is 1. The number of ether oxygens (including phenoxy) is 1. The lowest BCUT2D eigenvalue weighted by atomic mass is 10.1. The number of rotatable bonds is 7. The minimum Gasteiger partial charge on any atom is -0.497 e. The van der Waals surface area contributed by atoms with Crippen molar-refractivity contribution in [2.24, 2.45) is 0 Å². The Kier molecular flexibility index (Phi) is 6.34. The monoisotopic (exact) mass is 401 g/mol. The van der Waals surface area contributed by atoms with E-state index in [1.807, 2.05) is 31.2 Å². The fourth-order valence-electron chi connectivity index (χ4n) is 2.73. The third kappa shape index (κ3) is 4.59. The zero-order valence-corrected chi connectivity index (χ0v) is 17.5. The molecule has 7 heteroatoms. The summed E-state index contributed by atoms with van der Waals surface area (Å²) in [7, 11) is 1.65. The van der Waals surface area contributed by atoms with Gasteiger partial charge in [-0.15, -0.1) is 11.3 Å². The molecule has 0 saturated carbocycles. The summed E-state index contributed by atoms with van der Waals surface area (Å²) < 4.78 is 5.16. The number of nitrogens with zero attached hydrogens (tertiary/aromatic N) is 2. The minimum absolute atomic E-state index is 0.0184. The number of aromatic nitrogens is 2. The highest BCUT2D eigenvalue weighted by molar-refractivity contribution is 8.00. The van der Waals surface area contributed by atoms with E-state index in [1.165, 1.54) is 27.8 Å². The number of aryl methyl sites for hydroxylation is 2. The van der Waals surface area contributed by atoms with Gasteiger partial charge in [0.1, 0.15) is 21.9 Å². The first kappa shape index (κ1) is 19.6. The number of thioether (sulfide) groups is 1. The van der Waals surface area contributed by atoms with Crippen molar-refractivity contribution in [2.75, 3.05) is 13.7 Å². The lowest BCUT2D eigenvalue weighted by molar-refractivity contribution is -0.120. The molecule has 27 heavy (non-hydrogen) atoms. The van der Waals surface area contributed by atoms with Crippen LogP contribution in [-0.4, -0.2) is 34.8 Å². The van der Waals surface area contributed by atoms with E-state index in [0.29, 0.717) is 6.54 Å². The van der Waals surface area contributed by atoms with Crippen LogP contribution in [0.3, 0.4) is 0 Å². The van der Waals surface area contributed by atoms with Crippen molar-refractivity contribution in [1.82, 2.24) is 15.3 Å². The van der Waals surface area contributed by atoms with E-state index < -0.39 is 0 Å². The summed E-state index contributed by atoms with van der Waals surface area (Å²) in [6, 6.07) is 7.90. The molecule has 2 aromatic heterocycles. The number of carbonyl (C=O) groups is 1. The molecule has 0 aliphatic heterocycles. The van der Waals surface area contributed by atoms with Gasteiger partial charge in [0.25, 0.3) is 0 Å². The van der Waals surface area contributed by atoms with Crippen LogP contribution in [0, 0.1) is 13.8 Å². The minimum atomic E-state index is -0.224. The second-order valence-electron chi connectivity index (χ2n) is 6.29. The van der Waals surface area contributed by atoms with Gasteiger partial charge >= 0.3 is 0 Å². The summed E-state index contributed by atoms with van der Waals surface area (Å²) in [6.45, 7) is 6.69. The molecule has 5 nitrogen and oxygen atoms in total. The molecule has 0 aliphatic carbocycles. The fourth-order valence-corrected chi connectivity index (χ4v) is 4.79. The molecule has 0 saturated heterocycles. The van der Waals surface area contributed by atoms with Crippen molar-refractivity contribution >= 4 is 39.2 Å². The maximum absolute atomic E-state index is 12.5. The Balaban J connectivity index is 1.58. The van der Waals surface area contributed by atoms with Gasteiger partial charge in [0, 0.05) is 16.8 Å².